The van der Waals surface area contributed by atoms with Gasteiger partial charge in [0.2, 0.25) is 11.9 Å². The number of primary amides is 1. The first kappa shape index (κ1) is 29.9. The Morgan fingerprint density at radius 1 is 1.29 bits per heavy atom. The number of aliphatic carboxylic acids is 1. The Morgan fingerprint density at radius 3 is 2.67 bits per heavy atom. The van der Waals surface area contributed by atoms with E-state index in [1.54, 1.807) is 24.3 Å². The fraction of sp³-hybridized carbons (Fsp3) is 0.269. The first-order chi connectivity index (χ1) is 20.0. The molecule has 1 unspecified atom stereocenters. The third kappa shape index (κ3) is 6.12. The van der Waals surface area contributed by atoms with Crippen molar-refractivity contribution in [1.29, 1.82) is 0 Å². The van der Waals surface area contributed by atoms with Crippen LogP contribution in [0.4, 0.5) is 22.1 Å². The molecule has 16 heteroatoms. The molecule has 6 N–H and O–H groups in total. The first-order valence-corrected chi connectivity index (χ1v) is 13.5. The number of aromatic nitrogens is 2. The molecule has 0 saturated carbocycles. The predicted molar refractivity (Wildman–Crippen MR) is 152 cm³/mol. The maximum absolute atomic E-state index is 13.1. The highest BCUT2D eigenvalue weighted by Crippen LogP contribution is 2.40. The highest BCUT2D eigenvalue weighted by atomic mass is 32.2. The van der Waals surface area contributed by atoms with E-state index in [1.807, 2.05) is 0 Å². The molecule has 2 atom stereocenters. The van der Waals surface area contributed by atoms with E-state index in [2.05, 4.69) is 27.2 Å². The maximum Gasteiger partial charge on any atom is 0.352 e. The van der Waals surface area contributed by atoms with Gasteiger partial charge < -0.3 is 26.2 Å². The molecule has 1 fully saturated rings. The number of urea groups is 1. The maximum atomic E-state index is 13.1. The number of nitrogens with two attached hydrogens (primary N) is 1. The van der Waals surface area contributed by atoms with E-state index in [0.717, 1.165) is 16.0 Å². The number of rotatable bonds is 11. The molecule has 2 aliphatic rings. The Morgan fingerprint density at radius 2 is 2.02 bits per heavy atom. The lowest BCUT2D eigenvalue weighted by atomic mass is 10.0. The summed E-state index contributed by atoms with van der Waals surface area (Å²) in [6.07, 6.45) is 2.43. The van der Waals surface area contributed by atoms with Crippen molar-refractivity contribution in [2.75, 3.05) is 29.1 Å². The van der Waals surface area contributed by atoms with Crippen LogP contribution in [0.5, 0.6) is 0 Å². The highest BCUT2D eigenvalue weighted by Gasteiger charge is 2.54. The first-order valence-electron chi connectivity index (χ1n) is 12.5. The number of esters is 1. The molecule has 4 rings (SSSR count). The van der Waals surface area contributed by atoms with Crippen molar-refractivity contribution in [2.45, 2.75) is 24.8 Å². The number of H-pyrrole nitrogens is 1. The van der Waals surface area contributed by atoms with Gasteiger partial charge in [-0.2, -0.15) is 0 Å². The zero-order valence-corrected chi connectivity index (χ0v) is 23.1. The van der Waals surface area contributed by atoms with Crippen molar-refractivity contribution in [3.63, 3.8) is 0 Å². The van der Waals surface area contributed by atoms with E-state index in [0.29, 0.717) is 12.1 Å². The van der Waals surface area contributed by atoms with Crippen LogP contribution >= 0.6 is 11.8 Å². The molecule has 2 aliphatic heterocycles. The van der Waals surface area contributed by atoms with E-state index in [-0.39, 0.29) is 47.4 Å². The Balaban J connectivity index is 1.52. The third-order valence-corrected chi connectivity index (χ3v) is 7.59. The number of aromatic amines is 1. The number of ether oxygens (including phenoxy) is 1. The number of nitrogens with one attached hydrogen (secondary N) is 3. The minimum absolute atomic E-state index is 0.152. The summed E-state index contributed by atoms with van der Waals surface area (Å²) in [5.41, 5.74) is 5.24. The van der Waals surface area contributed by atoms with Gasteiger partial charge in [0.05, 0.1) is 18.3 Å². The molecule has 3 heterocycles. The molecule has 1 aromatic heterocycles. The number of anilines is 3. The Kier molecular flexibility index (Phi) is 8.95. The van der Waals surface area contributed by atoms with Crippen LogP contribution in [-0.2, 0) is 30.3 Å². The van der Waals surface area contributed by atoms with E-state index in [4.69, 9.17) is 10.5 Å². The standard InChI is InChI=1S/C26H27N7O8S/c1-3-8-28-26-29-10-17(21(36)31-26)32(25(27)40)16-7-5-4-6-14(16)9-18(35)30-19-22(37)33-20(24(38)39)15(11-41-13(2)34)12-42-23(19)33/h3-7,10,19,23H,1,8-9,11-12H2,2H3,(H2,27,40)(H,30,35)(H,38,39)(H2,28,29,31,36)/t19?,23-/m1/s1. The van der Waals surface area contributed by atoms with Crippen LogP contribution in [0.1, 0.15) is 12.5 Å². The number of carbonyl (C=O) groups excluding carboxylic acids is 4. The van der Waals surface area contributed by atoms with E-state index >= 15 is 0 Å². The normalized spacial score (nSPS) is 17.5. The summed E-state index contributed by atoms with van der Waals surface area (Å²) in [5, 5.41) is 14.5. The zero-order valence-electron chi connectivity index (χ0n) is 22.3. The molecule has 42 heavy (non-hydrogen) atoms. The van der Waals surface area contributed by atoms with Crippen LogP contribution in [0.3, 0.4) is 0 Å². The molecule has 2 aromatic rings. The minimum atomic E-state index is -1.35. The van der Waals surface area contributed by atoms with Crippen LogP contribution in [0.15, 0.2) is 59.2 Å². The summed E-state index contributed by atoms with van der Waals surface area (Å²) in [4.78, 5) is 82.9. The summed E-state index contributed by atoms with van der Waals surface area (Å²) in [7, 11) is 0. The van der Waals surface area contributed by atoms with Gasteiger partial charge in [-0.05, 0) is 11.6 Å². The monoisotopic (exact) mass is 597 g/mol. The molecule has 1 aromatic carbocycles. The quantitative estimate of drug-likeness (QED) is 0.136. The number of carboxylic acid groups (broad SMARTS) is 1. The molecular weight excluding hydrogens is 570 g/mol. The predicted octanol–water partition coefficient (Wildman–Crippen LogP) is 0.429. The van der Waals surface area contributed by atoms with Crippen LogP contribution in [0, 0.1) is 0 Å². The highest BCUT2D eigenvalue weighted by molar-refractivity contribution is 8.00. The van der Waals surface area contributed by atoms with Gasteiger partial charge in [-0.15, -0.1) is 18.3 Å². The van der Waals surface area contributed by atoms with E-state index in [1.165, 1.54) is 24.8 Å². The summed E-state index contributed by atoms with van der Waals surface area (Å²) in [6.45, 7) is 4.83. The number of hydrogen-bond donors (Lipinski definition) is 5. The second-order valence-corrected chi connectivity index (χ2v) is 10.2. The Bertz CT molecular complexity index is 1560. The topological polar surface area (TPSA) is 217 Å². The van der Waals surface area contributed by atoms with Crippen molar-refractivity contribution >= 4 is 58.9 Å². The second kappa shape index (κ2) is 12.6. The van der Waals surface area contributed by atoms with Crippen LogP contribution in [-0.4, -0.2) is 80.1 Å². The number of para-hydroxylation sites is 1. The molecule has 15 nitrogen and oxygen atoms in total. The zero-order chi connectivity index (χ0) is 30.6. The molecule has 0 spiro atoms. The van der Waals surface area contributed by atoms with Gasteiger partial charge in [-0.3, -0.25) is 34.0 Å². The molecule has 0 radical (unpaired) electrons. The average molecular weight is 598 g/mol. The average Bonchev–Trinajstić information content (AvgIpc) is 2.94. The number of carbonyl (C=O) groups is 5. The van der Waals surface area contributed by atoms with Crippen LogP contribution < -0.4 is 26.8 Å². The van der Waals surface area contributed by atoms with Gasteiger partial charge >= 0.3 is 18.0 Å². The lowest BCUT2D eigenvalue weighted by Crippen LogP contribution is -2.70. The van der Waals surface area contributed by atoms with Gasteiger partial charge in [0.15, 0.2) is 0 Å². The molecule has 0 bridgehead atoms. The SMILES string of the molecule is C=CCNc1ncc(N(C(N)=O)c2ccccc2CC(=O)NC2C(=O)N3C(C(=O)O)=C(COC(C)=O)CS[C@H]23)c(=O)[nH]1. The number of fused-ring (bicyclic) bond motifs is 1. The Hall–Kier alpha value is -5.12. The van der Waals surface area contributed by atoms with Crippen molar-refractivity contribution in [3.05, 3.63) is 70.3 Å². The number of amides is 4. The molecular formula is C26H27N7O8S. The van der Waals surface area contributed by atoms with Crippen molar-refractivity contribution in [3.8, 4) is 0 Å². The number of hydrogen-bond acceptors (Lipinski definition) is 10. The Labute approximate surface area is 242 Å². The van der Waals surface area contributed by atoms with Crippen molar-refractivity contribution in [2.24, 2.45) is 5.73 Å². The fourth-order valence-electron chi connectivity index (χ4n) is 4.43. The lowest BCUT2D eigenvalue weighted by molar-refractivity contribution is -0.151. The molecule has 0 aliphatic carbocycles. The molecule has 220 valence electrons. The summed E-state index contributed by atoms with van der Waals surface area (Å²) in [6, 6.07) is 4.27. The smallest absolute Gasteiger partial charge is 0.352 e. The van der Waals surface area contributed by atoms with Crippen molar-refractivity contribution in [1.82, 2.24) is 20.2 Å². The van der Waals surface area contributed by atoms with Crippen LogP contribution in [0.2, 0.25) is 0 Å². The minimum Gasteiger partial charge on any atom is -0.477 e. The number of thioether (sulfide) groups is 1. The molecule has 1 saturated heterocycles. The third-order valence-electron chi connectivity index (χ3n) is 6.26. The van der Waals surface area contributed by atoms with Gasteiger partial charge in [0.25, 0.3) is 11.5 Å². The van der Waals surface area contributed by atoms with E-state index < -0.39 is 46.8 Å². The van der Waals surface area contributed by atoms with Gasteiger partial charge in [0.1, 0.15) is 29.4 Å². The fourth-order valence-corrected chi connectivity index (χ4v) is 5.76. The lowest BCUT2D eigenvalue weighted by Gasteiger charge is -2.49. The number of nitrogens with zero attached hydrogens (tertiary/aromatic N) is 3. The summed E-state index contributed by atoms with van der Waals surface area (Å²) < 4.78 is 4.92. The van der Waals surface area contributed by atoms with E-state index in [9.17, 15) is 33.9 Å². The molecule has 4 amide bonds. The van der Waals surface area contributed by atoms with Gasteiger partial charge in [-0.25, -0.2) is 14.6 Å². The second-order valence-electron chi connectivity index (χ2n) is 9.09. The summed E-state index contributed by atoms with van der Waals surface area (Å²) in [5.74, 6) is -2.83. The van der Waals surface area contributed by atoms with Gasteiger partial charge in [-0.1, -0.05) is 24.3 Å². The van der Waals surface area contributed by atoms with Crippen LogP contribution in [0.25, 0.3) is 0 Å². The van der Waals surface area contributed by atoms with Gasteiger partial charge in [0, 0.05) is 24.8 Å². The largest absolute Gasteiger partial charge is 0.477 e. The number of benzene rings is 1. The van der Waals surface area contributed by atoms with Crippen molar-refractivity contribution < 1.29 is 33.8 Å². The number of β-lactam (4-membered cyclic amide) rings is 1. The summed E-state index contributed by atoms with van der Waals surface area (Å²) >= 11 is 1.22. The number of carboxylic acids is 1.